The van der Waals surface area contributed by atoms with E-state index < -0.39 is 28.5 Å². The summed E-state index contributed by atoms with van der Waals surface area (Å²) in [6.07, 6.45) is 2.06. The van der Waals surface area contributed by atoms with E-state index in [1.54, 1.807) is 49.4 Å². The van der Waals surface area contributed by atoms with Crippen LogP contribution in [0.25, 0.3) is 0 Å². The molecule has 35 heavy (non-hydrogen) atoms. The summed E-state index contributed by atoms with van der Waals surface area (Å²) in [5.74, 6) is -0.357. The van der Waals surface area contributed by atoms with E-state index in [0.717, 1.165) is 17.0 Å². The molecule has 8 nitrogen and oxygen atoms in total. The van der Waals surface area contributed by atoms with Crippen LogP contribution in [0.2, 0.25) is 10.0 Å². The number of nitrogens with one attached hydrogen (secondary N) is 1. The van der Waals surface area contributed by atoms with Gasteiger partial charge in [-0.3, -0.25) is 13.9 Å². The highest BCUT2D eigenvalue weighted by molar-refractivity contribution is 7.92. The molecule has 2 rings (SSSR count). The highest BCUT2D eigenvalue weighted by Crippen LogP contribution is 2.28. The molecule has 0 aliphatic heterocycles. The summed E-state index contributed by atoms with van der Waals surface area (Å²) in [7, 11) is -2.33. The number of methoxy groups -OCH3 is 1. The molecule has 0 spiro atoms. The second-order valence-corrected chi connectivity index (χ2v) is 10.6. The summed E-state index contributed by atoms with van der Waals surface area (Å²) < 4.78 is 31.4. The monoisotopic (exact) mass is 543 g/mol. The summed E-state index contributed by atoms with van der Waals surface area (Å²) in [4.78, 5) is 27.9. The number of nitrogens with zero attached hydrogens (tertiary/aromatic N) is 2. The molecule has 2 aromatic rings. The number of hydrogen-bond acceptors (Lipinski definition) is 5. The van der Waals surface area contributed by atoms with Crippen LogP contribution in [0.1, 0.15) is 32.3 Å². The first-order valence-electron chi connectivity index (χ1n) is 11.1. The zero-order valence-corrected chi connectivity index (χ0v) is 22.6. The van der Waals surface area contributed by atoms with Crippen molar-refractivity contribution < 1.29 is 22.7 Å². The lowest BCUT2D eigenvalue weighted by Crippen LogP contribution is -2.52. The topological polar surface area (TPSA) is 96.0 Å². The Morgan fingerprint density at radius 1 is 1.06 bits per heavy atom. The van der Waals surface area contributed by atoms with Crippen molar-refractivity contribution in [1.82, 2.24) is 10.2 Å². The minimum absolute atomic E-state index is 0.0599. The van der Waals surface area contributed by atoms with Crippen molar-refractivity contribution in [3.05, 3.63) is 58.1 Å². The third-order valence-corrected chi connectivity index (χ3v) is 7.21. The van der Waals surface area contributed by atoms with Gasteiger partial charge in [0.1, 0.15) is 18.3 Å². The fraction of sp³-hybridized carbons (Fsp3) is 0.417. The van der Waals surface area contributed by atoms with E-state index in [0.29, 0.717) is 40.0 Å². The Morgan fingerprint density at radius 3 is 2.14 bits per heavy atom. The van der Waals surface area contributed by atoms with Gasteiger partial charge >= 0.3 is 0 Å². The van der Waals surface area contributed by atoms with Crippen molar-refractivity contribution in [2.24, 2.45) is 0 Å². The second-order valence-electron chi connectivity index (χ2n) is 7.90. The predicted octanol–water partition coefficient (Wildman–Crippen LogP) is 4.10. The van der Waals surface area contributed by atoms with Gasteiger partial charge in [-0.2, -0.15) is 0 Å². The van der Waals surface area contributed by atoms with E-state index in [-0.39, 0.29) is 12.5 Å². The number of anilines is 1. The average molecular weight is 545 g/mol. The molecule has 11 heteroatoms. The third kappa shape index (κ3) is 7.75. The van der Waals surface area contributed by atoms with Crippen LogP contribution in [0.15, 0.2) is 42.5 Å². The third-order valence-electron chi connectivity index (χ3n) is 5.36. The van der Waals surface area contributed by atoms with Gasteiger partial charge in [0.25, 0.3) is 0 Å². The first-order chi connectivity index (χ1) is 16.5. The number of amides is 2. The van der Waals surface area contributed by atoms with Gasteiger partial charge in [-0.1, -0.05) is 43.1 Å². The van der Waals surface area contributed by atoms with Crippen LogP contribution in [0.3, 0.4) is 0 Å². The van der Waals surface area contributed by atoms with Crippen molar-refractivity contribution in [2.75, 3.05) is 30.8 Å². The van der Waals surface area contributed by atoms with E-state index in [1.165, 1.54) is 12.0 Å². The first-order valence-corrected chi connectivity index (χ1v) is 13.8. The van der Waals surface area contributed by atoms with Crippen molar-refractivity contribution in [3.63, 3.8) is 0 Å². The summed E-state index contributed by atoms with van der Waals surface area (Å²) in [5, 5.41) is 3.50. The average Bonchev–Trinajstić information content (AvgIpc) is 2.82. The van der Waals surface area contributed by atoms with Gasteiger partial charge in [-0.25, -0.2) is 8.42 Å². The smallest absolute Gasteiger partial charge is 0.244 e. The SMILES string of the molecule is CCCNC(=O)C(CC)N(Cc1c(Cl)cccc1Cl)C(=O)CN(c1ccc(OC)cc1)S(C)(=O)=O. The first kappa shape index (κ1) is 28.7. The molecule has 0 saturated carbocycles. The minimum atomic E-state index is -3.83. The Morgan fingerprint density at radius 2 is 1.66 bits per heavy atom. The Kier molecular flexibility index (Phi) is 10.7. The highest BCUT2D eigenvalue weighted by atomic mass is 35.5. The Labute approximate surface area is 217 Å². The summed E-state index contributed by atoms with van der Waals surface area (Å²) in [6.45, 7) is 3.58. The molecule has 0 aliphatic rings. The Bertz CT molecular complexity index is 1110. The van der Waals surface area contributed by atoms with Gasteiger partial charge < -0.3 is 15.0 Å². The molecule has 1 unspecified atom stereocenters. The van der Waals surface area contributed by atoms with Crippen LogP contribution in [-0.4, -0.2) is 57.6 Å². The van der Waals surface area contributed by atoms with E-state index in [9.17, 15) is 18.0 Å². The number of rotatable bonds is 12. The Balaban J connectivity index is 2.47. The lowest BCUT2D eigenvalue weighted by molar-refractivity contribution is -0.140. The molecule has 1 N–H and O–H groups in total. The van der Waals surface area contributed by atoms with Crippen molar-refractivity contribution >= 4 is 50.7 Å². The molecule has 2 amide bonds. The number of ether oxygens (including phenoxy) is 1. The lowest BCUT2D eigenvalue weighted by atomic mass is 10.1. The lowest BCUT2D eigenvalue weighted by Gasteiger charge is -2.33. The quantitative estimate of drug-likeness (QED) is 0.434. The second kappa shape index (κ2) is 13.0. The highest BCUT2D eigenvalue weighted by Gasteiger charge is 2.32. The van der Waals surface area contributed by atoms with Gasteiger partial charge in [-0.15, -0.1) is 0 Å². The van der Waals surface area contributed by atoms with Gasteiger partial charge in [0.2, 0.25) is 21.8 Å². The van der Waals surface area contributed by atoms with E-state index in [2.05, 4.69) is 5.32 Å². The normalized spacial score (nSPS) is 12.1. The van der Waals surface area contributed by atoms with Crippen LogP contribution >= 0.6 is 23.2 Å². The number of carbonyl (C=O) groups is 2. The zero-order valence-electron chi connectivity index (χ0n) is 20.3. The molecule has 0 fully saturated rings. The molecule has 0 saturated heterocycles. The minimum Gasteiger partial charge on any atom is -0.497 e. The van der Waals surface area contributed by atoms with Gasteiger partial charge in [0, 0.05) is 28.7 Å². The molecule has 192 valence electrons. The van der Waals surface area contributed by atoms with Crippen LogP contribution in [-0.2, 0) is 26.2 Å². The maximum atomic E-state index is 13.6. The van der Waals surface area contributed by atoms with Crippen LogP contribution in [0, 0.1) is 0 Å². The predicted molar refractivity (Wildman–Crippen MR) is 140 cm³/mol. The number of benzene rings is 2. The maximum absolute atomic E-state index is 13.6. The van der Waals surface area contributed by atoms with Crippen molar-refractivity contribution in [1.29, 1.82) is 0 Å². The molecule has 0 heterocycles. The molecule has 0 bridgehead atoms. The molecule has 0 aromatic heterocycles. The van der Waals surface area contributed by atoms with Crippen LogP contribution < -0.4 is 14.4 Å². The van der Waals surface area contributed by atoms with E-state index in [1.807, 2.05) is 6.92 Å². The van der Waals surface area contributed by atoms with Gasteiger partial charge in [0.15, 0.2) is 0 Å². The molecular formula is C24H31Cl2N3O5S. The Hall–Kier alpha value is -2.49. The largest absolute Gasteiger partial charge is 0.497 e. The fourth-order valence-electron chi connectivity index (χ4n) is 3.50. The number of carbonyl (C=O) groups excluding carboxylic acids is 2. The molecular weight excluding hydrogens is 513 g/mol. The molecule has 1 atom stereocenters. The van der Waals surface area contributed by atoms with Crippen molar-refractivity contribution in [2.45, 2.75) is 39.3 Å². The standard InChI is InChI=1S/C24H31Cl2N3O5S/c1-5-14-27-24(31)22(6-2)28(15-19-20(25)8-7-9-21(19)26)23(30)16-29(35(4,32)33)17-10-12-18(34-3)13-11-17/h7-13,22H,5-6,14-16H2,1-4H3,(H,27,31). The summed E-state index contributed by atoms with van der Waals surface area (Å²) >= 11 is 12.7. The zero-order chi connectivity index (χ0) is 26.2. The van der Waals surface area contributed by atoms with Crippen molar-refractivity contribution in [3.8, 4) is 5.75 Å². The van der Waals surface area contributed by atoms with Crippen LogP contribution in [0.4, 0.5) is 5.69 Å². The van der Waals surface area contributed by atoms with E-state index in [4.69, 9.17) is 27.9 Å². The number of sulfonamides is 1. The summed E-state index contributed by atoms with van der Waals surface area (Å²) in [5.41, 5.74) is 0.766. The van der Waals surface area contributed by atoms with Crippen LogP contribution in [0.5, 0.6) is 5.75 Å². The number of hydrogen-bond donors (Lipinski definition) is 1. The van der Waals surface area contributed by atoms with Gasteiger partial charge in [-0.05, 0) is 49.2 Å². The number of halogens is 2. The molecule has 0 radical (unpaired) electrons. The van der Waals surface area contributed by atoms with Gasteiger partial charge in [0.05, 0.1) is 19.1 Å². The molecule has 0 aliphatic carbocycles. The maximum Gasteiger partial charge on any atom is 0.244 e. The molecule has 2 aromatic carbocycles. The summed E-state index contributed by atoms with van der Waals surface area (Å²) in [6, 6.07) is 10.4. The van der Waals surface area contributed by atoms with E-state index >= 15 is 0 Å². The fourth-order valence-corrected chi connectivity index (χ4v) is 4.87.